The van der Waals surface area contributed by atoms with Crippen LogP contribution in [-0.4, -0.2) is 22.6 Å². The van der Waals surface area contributed by atoms with Crippen molar-refractivity contribution in [2.75, 3.05) is 7.05 Å². The number of aromatic nitrogens is 2. The summed E-state index contributed by atoms with van der Waals surface area (Å²) < 4.78 is 2.26. The van der Waals surface area contributed by atoms with Crippen molar-refractivity contribution in [3.8, 4) is 10.7 Å². The van der Waals surface area contributed by atoms with Gasteiger partial charge in [-0.25, -0.2) is 4.98 Å². The molecular formula is C13H19N3S. The van der Waals surface area contributed by atoms with Gasteiger partial charge >= 0.3 is 0 Å². The predicted octanol–water partition coefficient (Wildman–Crippen LogP) is 3.17. The van der Waals surface area contributed by atoms with E-state index in [4.69, 9.17) is 0 Å². The summed E-state index contributed by atoms with van der Waals surface area (Å²) >= 11 is 1.74. The molecule has 0 saturated heterocycles. The normalized spacial score (nSPS) is 14.8. The molecule has 17 heavy (non-hydrogen) atoms. The van der Waals surface area contributed by atoms with Crippen molar-refractivity contribution in [3.05, 3.63) is 29.9 Å². The van der Waals surface area contributed by atoms with Crippen LogP contribution in [0.25, 0.3) is 10.7 Å². The number of rotatable bonds is 5. The number of imidazole rings is 1. The Morgan fingerprint density at radius 2 is 2.35 bits per heavy atom. The summed E-state index contributed by atoms with van der Waals surface area (Å²) in [7, 11) is 2.02. The first-order valence-electron chi connectivity index (χ1n) is 6.02. The van der Waals surface area contributed by atoms with E-state index >= 15 is 0 Å². The molecule has 1 N–H and O–H groups in total. The Morgan fingerprint density at radius 1 is 1.53 bits per heavy atom. The lowest BCUT2D eigenvalue weighted by Crippen LogP contribution is -2.33. The second kappa shape index (κ2) is 5.47. The van der Waals surface area contributed by atoms with Gasteiger partial charge in [0.05, 0.1) is 4.88 Å². The zero-order valence-electron chi connectivity index (χ0n) is 10.6. The first-order chi connectivity index (χ1) is 8.27. The third kappa shape index (κ3) is 2.42. The van der Waals surface area contributed by atoms with E-state index in [0.29, 0.717) is 12.1 Å². The molecule has 2 atom stereocenters. The summed E-state index contributed by atoms with van der Waals surface area (Å²) in [5.74, 6) is 1.07. The van der Waals surface area contributed by atoms with E-state index in [1.54, 1.807) is 11.3 Å². The summed E-state index contributed by atoms with van der Waals surface area (Å²) in [6.07, 6.45) is 5.06. The third-order valence-corrected chi connectivity index (χ3v) is 4.11. The van der Waals surface area contributed by atoms with Crippen LogP contribution in [0.1, 0.15) is 26.3 Å². The quantitative estimate of drug-likeness (QED) is 0.882. The fourth-order valence-corrected chi connectivity index (χ4v) is 2.94. The monoisotopic (exact) mass is 249 g/mol. The Bertz CT molecular complexity index is 443. The zero-order chi connectivity index (χ0) is 12.3. The number of thiophene rings is 1. The smallest absolute Gasteiger partial charge is 0.150 e. The van der Waals surface area contributed by atoms with E-state index in [0.717, 1.165) is 12.2 Å². The number of nitrogens with zero attached hydrogens (tertiary/aromatic N) is 2. The highest BCUT2D eigenvalue weighted by Gasteiger charge is 2.18. The van der Waals surface area contributed by atoms with Crippen molar-refractivity contribution in [3.63, 3.8) is 0 Å². The Morgan fingerprint density at radius 3 is 2.94 bits per heavy atom. The number of hydrogen-bond donors (Lipinski definition) is 1. The Labute approximate surface area is 107 Å². The topological polar surface area (TPSA) is 29.9 Å². The molecule has 0 spiro atoms. The molecule has 0 aromatic carbocycles. The molecule has 2 aromatic heterocycles. The Balaban J connectivity index is 2.31. The standard InChI is InChI=1S/C13H19N3S/c1-4-11(14-3)10(2)16-8-7-15-13(16)12-6-5-9-17-12/h5-11,14H,4H2,1-3H3. The molecule has 0 fully saturated rings. The van der Waals surface area contributed by atoms with Gasteiger partial charge in [-0.05, 0) is 31.8 Å². The molecule has 92 valence electrons. The second-order valence-corrected chi connectivity index (χ2v) is 5.13. The molecule has 4 heteroatoms. The molecule has 0 amide bonds. The highest BCUT2D eigenvalue weighted by Crippen LogP contribution is 2.27. The minimum atomic E-state index is 0.407. The highest BCUT2D eigenvalue weighted by molar-refractivity contribution is 7.13. The van der Waals surface area contributed by atoms with Crippen molar-refractivity contribution >= 4 is 11.3 Å². The van der Waals surface area contributed by atoms with Crippen LogP contribution in [0.2, 0.25) is 0 Å². The average molecular weight is 249 g/mol. The number of nitrogens with one attached hydrogen (secondary N) is 1. The van der Waals surface area contributed by atoms with Gasteiger partial charge in [0.15, 0.2) is 0 Å². The molecule has 2 rings (SSSR count). The van der Waals surface area contributed by atoms with Crippen LogP contribution in [0, 0.1) is 0 Å². The van der Waals surface area contributed by atoms with Gasteiger partial charge in [0.1, 0.15) is 5.82 Å². The molecule has 0 aliphatic carbocycles. The average Bonchev–Trinajstić information content (AvgIpc) is 3.01. The zero-order valence-corrected chi connectivity index (χ0v) is 11.4. The molecule has 2 heterocycles. The fraction of sp³-hybridized carbons (Fsp3) is 0.462. The van der Waals surface area contributed by atoms with Gasteiger partial charge in [-0.1, -0.05) is 13.0 Å². The molecule has 0 aliphatic heterocycles. The minimum Gasteiger partial charge on any atom is -0.326 e. The molecule has 0 aliphatic rings. The maximum atomic E-state index is 4.48. The predicted molar refractivity (Wildman–Crippen MR) is 73.4 cm³/mol. The molecule has 2 unspecified atom stereocenters. The van der Waals surface area contributed by atoms with Crippen LogP contribution >= 0.6 is 11.3 Å². The third-order valence-electron chi connectivity index (χ3n) is 3.24. The molecule has 2 aromatic rings. The maximum Gasteiger partial charge on any atom is 0.150 e. The van der Waals surface area contributed by atoms with Gasteiger partial charge in [0, 0.05) is 24.5 Å². The van der Waals surface area contributed by atoms with E-state index < -0.39 is 0 Å². The lowest BCUT2D eigenvalue weighted by molar-refractivity contribution is 0.384. The molecular weight excluding hydrogens is 230 g/mol. The lowest BCUT2D eigenvalue weighted by atomic mass is 10.1. The van der Waals surface area contributed by atoms with Gasteiger partial charge < -0.3 is 9.88 Å². The van der Waals surface area contributed by atoms with Crippen molar-refractivity contribution in [2.24, 2.45) is 0 Å². The number of hydrogen-bond acceptors (Lipinski definition) is 3. The SMILES string of the molecule is CCC(NC)C(C)n1ccnc1-c1cccs1. The van der Waals surface area contributed by atoms with E-state index in [1.807, 2.05) is 13.2 Å². The maximum absolute atomic E-state index is 4.48. The fourth-order valence-electron chi connectivity index (χ4n) is 2.22. The van der Waals surface area contributed by atoms with Crippen molar-refractivity contribution in [2.45, 2.75) is 32.4 Å². The highest BCUT2D eigenvalue weighted by atomic mass is 32.1. The molecule has 0 radical (unpaired) electrons. The molecule has 3 nitrogen and oxygen atoms in total. The lowest BCUT2D eigenvalue weighted by Gasteiger charge is -2.24. The molecule has 0 bridgehead atoms. The summed E-state index contributed by atoms with van der Waals surface area (Å²) in [6.45, 7) is 4.45. The summed E-state index contributed by atoms with van der Waals surface area (Å²) in [4.78, 5) is 5.71. The van der Waals surface area contributed by atoms with Crippen molar-refractivity contribution < 1.29 is 0 Å². The first kappa shape index (κ1) is 12.3. The Kier molecular flexibility index (Phi) is 3.97. The van der Waals surface area contributed by atoms with Gasteiger partial charge in [-0.15, -0.1) is 11.3 Å². The van der Waals surface area contributed by atoms with Crippen LogP contribution < -0.4 is 5.32 Å². The van der Waals surface area contributed by atoms with Crippen LogP contribution in [0.15, 0.2) is 29.9 Å². The second-order valence-electron chi connectivity index (χ2n) is 4.18. The first-order valence-corrected chi connectivity index (χ1v) is 6.89. The van der Waals surface area contributed by atoms with Crippen LogP contribution in [0.5, 0.6) is 0 Å². The largest absolute Gasteiger partial charge is 0.326 e. The summed E-state index contributed by atoms with van der Waals surface area (Å²) in [5, 5.41) is 5.46. The van der Waals surface area contributed by atoms with Gasteiger partial charge in [-0.2, -0.15) is 0 Å². The van der Waals surface area contributed by atoms with Gasteiger partial charge in [0.2, 0.25) is 0 Å². The van der Waals surface area contributed by atoms with Gasteiger partial charge in [-0.3, -0.25) is 0 Å². The molecule has 0 saturated carbocycles. The number of likely N-dealkylation sites (N-methyl/N-ethyl adjacent to an activating group) is 1. The Hall–Kier alpha value is -1.13. The van der Waals surface area contributed by atoms with Crippen molar-refractivity contribution in [1.82, 2.24) is 14.9 Å². The van der Waals surface area contributed by atoms with Crippen LogP contribution in [0.3, 0.4) is 0 Å². The van der Waals surface area contributed by atoms with Crippen LogP contribution in [-0.2, 0) is 0 Å². The summed E-state index contributed by atoms with van der Waals surface area (Å²) in [5.41, 5.74) is 0. The van der Waals surface area contributed by atoms with E-state index in [1.165, 1.54) is 4.88 Å². The van der Waals surface area contributed by atoms with E-state index in [-0.39, 0.29) is 0 Å². The van der Waals surface area contributed by atoms with E-state index in [2.05, 4.69) is 52.4 Å². The van der Waals surface area contributed by atoms with Crippen LogP contribution in [0.4, 0.5) is 0 Å². The van der Waals surface area contributed by atoms with Crippen molar-refractivity contribution in [1.29, 1.82) is 0 Å². The van der Waals surface area contributed by atoms with Gasteiger partial charge in [0.25, 0.3) is 0 Å². The van der Waals surface area contributed by atoms with E-state index in [9.17, 15) is 0 Å². The summed E-state index contributed by atoms with van der Waals surface area (Å²) in [6, 6.07) is 5.07. The minimum absolute atomic E-state index is 0.407.